The normalized spacial score (nSPS) is 13.2. The van der Waals surface area contributed by atoms with Crippen molar-refractivity contribution in [2.75, 3.05) is 76.3 Å². The number of methoxy groups -OCH3 is 1. The van der Waals surface area contributed by atoms with E-state index in [0.717, 1.165) is 31.1 Å². The smallest absolute Gasteiger partial charge is 0.229 e. The molecule has 11 nitrogen and oxygen atoms in total. The van der Waals surface area contributed by atoms with Gasteiger partial charge in [0.05, 0.1) is 46.0 Å². The molecule has 0 fully saturated rings. The van der Waals surface area contributed by atoms with Crippen molar-refractivity contribution in [3.63, 3.8) is 0 Å². The fourth-order valence-electron chi connectivity index (χ4n) is 4.55. The van der Waals surface area contributed by atoms with Gasteiger partial charge in [0.1, 0.15) is 36.6 Å². The van der Waals surface area contributed by atoms with Crippen molar-refractivity contribution in [1.82, 2.24) is 24.8 Å². The Kier molecular flexibility index (Phi) is 8.11. The molecule has 0 saturated heterocycles. The average molecular weight is 627 g/mol. The van der Waals surface area contributed by atoms with Gasteiger partial charge in [-0.1, -0.05) is 0 Å². The topological polar surface area (TPSA) is 118 Å². The second-order valence-electron chi connectivity index (χ2n) is 10.0. The van der Waals surface area contributed by atoms with Crippen molar-refractivity contribution in [1.29, 1.82) is 0 Å². The number of hydrogen-bond acceptors (Lipinski definition) is 11. The highest BCUT2D eigenvalue weighted by Gasteiger charge is 2.24. The number of halogens is 1. The lowest BCUT2D eigenvalue weighted by molar-refractivity contribution is 0.302. The van der Waals surface area contributed by atoms with Gasteiger partial charge in [-0.3, -0.25) is 9.97 Å². The number of benzene rings is 2. The Hall–Kier alpha value is -3.47. The molecule has 0 amide bonds. The zero-order valence-electron chi connectivity index (χ0n) is 23.1. The van der Waals surface area contributed by atoms with Crippen molar-refractivity contribution in [3.8, 4) is 11.5 Å². The van der Waals surface area contributed by atoms with Crippen LogP contribution in [-0.2, 0) is 4.57 Å². The van der Waals surface area contributed by atoms with E-state index in [1.807, 2.05) is 24.3 Å². The predicted molar refractivity (Wildman–Crippen MR) is 164 cm³/mol. The van der Waals surface area contributed by atoms with E-state index in [1.54, 1.807) is 39.0 Å². The van der Waals surface area contributed by atoms with E-state index in [2.05, 4.69) is 65.4 Å². The Morgan fingerprint density at radius 1 is 1.12 bits per heavy atom. The van der Waals surface area contributed by atoms with Crippen LogP contribution in [0.1, 0.15) is 0 Å². The van der Waals surface area contributed by atoms with E-state index in [0.29, 0.717) is 56.3 Å². The van der Waals surface area contributed by atoms with Crippen LogP contribution in [0.5, 0.6) is 11.5 Å². The molecule has 0 saturated carbocycles. The first-order chi connectivity index (χ1) is 19.1. The maximum absolute atomic E-state index is 13.3. The van der Waals surface area contributed by atoms with Crippen LogP contribution >= 0.6 is 23.1 Å². The number of fused-ring (bicyclic) bond motifs is 2. The summed E-state index contributed by atoms with van der Waals surface area (Å²) in [7, 11) is 3.03. The van der Waals surface area contributed by atoms with Gasteiger partial charge in [0.2, 0.25) is 5.95 Å². The summed E-state index contributed by atoms with van der Waals surface area (Å²) in [5.74, 6) is 2.27. The molecule has 1 aliphatic heterocycles. The highest BCUT2D eigenvalue weighted by molar-refractivity contribution is 9.10. The lowest BCUT2D eigenvalue weighted by Gasteiger charge is -2.33. The van der Waals surface area contributed by atoms with Gasteiger partial charge in [-0.05, 0) is 55.5 Å². The van der Waals surface area contributed by atoms with Crippen LogP contribution in [0, 0.1) is 0 Å². The first-order valence-electron chi connectivity index (χ1n) is 12.7. The van der Waals surface area contributed by atoms with Gasteiger partial charge in [0.15, 0.2) is 0 Å². The first kappa shape index (κ1) is 28.1. The number of rotatable bonds is 9. The van der Waals surface area contributed by atoms with Crippen LogP contribution in [0.15, 0.2) is 47.3 Å². The number of likely N-dealkylation sites (N-methyl/N-ethyl adjacent to an activating group) is 1. The largest absolute Gasteiger partial charge is 0.494 e. The molecule has 2 N–H and O–H groups in total. The standard InChI is InChI=1S/C27H32BrN8O3P/c1-35(2)10-11-36-12-13-39-23-14-20(22(38-3)15-21(23)36)33-27-31-16-17(28)26(34-27)32-19-7-6-18-24(30-9-8-29-18)25(19)40(4,5)37/h6-9,14-16H,10-13H2,1-5H3,(H2,31,32,33,34). The van der Waals surface area contributed by atoms with Gasteiger partial charge < -0.3 is 34.5 Å². The molecule has 1 aliphatic rings. The number of nitrogens with one attached hydrogen (secondary N) is 2. The molecule has 0 radical (unpaired) electrons. The van der Waals surface area contributed by atoms with Crippen molar-refractivity contribution < 1.29 is 14.0 Å². The number of anilines is 5. The van der Waals surface area contributed by atoms with Crippen LogP contribution in [0.2, 0.25) is 0 Å². The summed E-state index contributed by atoms with van der Waals surface area (Å²) in [5.41, 5.74) is 3.59. The highest BCUT2D eigenvalue weighted by atomic mass is 79.9. The van der Waals surface area contributed by atoms with Crippen molar-refractivity contribution in [2.45, 2.75) is 0 Å². The molecule has 210 valence electrons. The Bertz CT molecular complexity index is 1600. The van der Waals surface area contributed by atoms with Gasteiger partial charge in [0, 0.05) is 43.8 Å². The van der Waals surface area contributed by atoms with Crippen LogP contribution in [0.25, 0.3) is 11.0 Å². The zero-order chi connectivity index (χ0) is 28.4. The minimum Gasteiger partial charge on any atom is -0.494 e. The molecule has 3 heterocycles. The fraction of sp³-hybridized carbons (Fsp3) is 0.333. The molecule has 0 spiro atoms. The molecule has 0 bridgehead atoms. The maximum Gasteiger partial charge on any atom is 0.229 e. The molecule has 4 aromatic rings. The van der Waals surface area contributed by atoms with Gasteiger partial charge >= 0.3 is 0 Å². The number of hydrogen-bond donors (Lipinski definition) is 2. The third kappa shape index (κ3) is 5.99. The molecule has 5 rings (SSSR count). The first-order valence-corrected chi connectivity index (χ1v) is 16.1. The van der Waals surface area contributed by atoms with E-state index >= 15 is 0 Å². The van der Waals surface area contributed by atoms with E-state index in [4.69, 9.17) is 14.5 Å². The van der Waals surface area contributed by atoms with Gasteiger partial charge in [-0.2, -0.15) is 4.98 Å². The minimum absolute atomic E-state index is 0.350. The monoisotopic (exact) mass is 626 g/mol. The van der Waals surface area contributed by atoms with Crippen LogP contribution in [0.4, 0.5) is 28.8 Å². The van der Waals surface area contributed by atoms with E-state index in [-0.39, 0.29) is 0 Å². The molecule has 0 unspecified atom stereocenters. The van der Waals surface area contributed by atoms with E-state index < -0.39 is 7.14 Å². The van der Waals surface area contributed by atoms with Gasteiger partial charge in [-0.15, -0.1) is 0 Å². The van der Waals surface area contributed by atoms with Gasteiger partial charge in [0.25, 0.3) is 0 Å². The van der Waals surface area contributed by atoms with Gasteiger partial charge in [-0.25, -0.2) is 4.98 Å². The summed E-state index contributed by atoms with van der Waals surface area (Å²) in [6, 6.07) is 7.59. The maximum atomic E-state index is 13.3. The lowest BCUT2D eigenvalue weighted by atomic mass is 10.2. The molecule has 2 aromatic heterocycles. The van der Waals surface area contributed by atoms with Crippen molar-refractivity contribution in [3.05, 3.63) is 47.3 Å². The Morgan fingerprint density at radius 3 is 2.67 bits per heavy atom. The summed E-state index contributed by atoms with van der Waals surface area (Å²) in [4.78, 5) is 22.4. The molecule has 0 aliphatic carbocycles. The van der Waals surface area contributed by atoms with E-state index in [9.17, 15) is 4.57 Å². The zero-order valence-corrected chi connectivity index (χ0v) is 25.6. The van der Waals surface area contributed by atoms with Crippen LogP contribution in [-0.4, -0.2) is 85.6 Å². The number of aromatic nitrogens is 4. The Labute approximate surface area is 241 Å². The molecule has 2 aromatic carbocycles. The highest BCUT2D eigenvalue weighted by Crippen LogP contribution is 2.42. The number of ether oxygens (including phenoxy) is 2. The quantitative estimate of drug-likeness (QED) is 0.252. The van der Waals surface area contributed by atoms with Crippen molar-refractivity contribution in [2.24, 2.45) is 0 Å². The average Bonchev–Trinajstić information content (AvgIpc) is 2.92. The fourth-order valence-corrected chi connectivity index (χ4v) is 6.23. The number of nitrogens with zero attached hydrogens (tertiary/aromatic N) is 6. The second-order valence-corrected chi connectivity index (χ2v) is 14.0. The Balaban J connectivity index is 1.46. The summed E-state index contributed by atoms with van der Waals surface area (Å²) >= 11 is 3.54. The minimum atomic E-state index is -2.73. The summed E-state index contributed by atoms with van der Waals surface area (Å²) in [6.07, 6.45) is 4.88. The Morgan fingerprint density at radius 2 is 1.93 bits per heavy atom. The molecule has 0 atom stereocenters. The summed E-state index contributed by atoms with van der Waals surface area (Å²) in [6.45, 7) is 6.67. The van der Waals surface area contributed by atoms with Crippen LogP contribution in [0.3, 0.4) is 0 Å². The second kappa shape index (κ2) is 11.6. The lowest BCUT2D eigenvalue weighted by Crippen LogP contribution is -2.37. The van der Waals surface area contributed by atoms with E-state index in [1.165, 1.54) is 0 Å². The molecule has 13 heteroatoms. The molecular weight excluding hydrogens is 595 g/mol. The molecule has 40 heavy (non-hydrogen) atoms. The predicted octanol–water partition coefficient (Wildman–Crippen LogP) is 4.69. The summed E-state index contributed by atoms with van der Waals surface area (Å²) < 4.78 is 25.7. The van der Waals surface area contributed by atoms with Crippen LogP contribution < -0.4 is 30.3 Å². The third-order valence-corrected chi connectivity index (χ3v) is 8.56. The van der Waals surface area contributed by atoms with Crippen molar-refractivity contribution >= 4 is 68.2 Å². The third-order valence-electron chi connectivity index (χ3n) is 6.45. The SMILES string of the molecule is COc1cc2c(cc1Nc1ncc(Br)c(Nc3ccc4nccnc4c3P(C)(C)=O)n1)OCCN2CCN(C)C. The molecular formula is C27H32BrN8O3P. The summed E-state index contributed by atoms with van der Waals surface area (Å²) in [5, 5.41) is 7.22.